The van der Waals surface area contributed by atoms with Gasteiger partial charge in [-0.2, -0.15) is 0 Å². The molecule has 24 heavy (non-hydrogen) atoms. The van der Waals surface area contributed by atoms with Gasteiger partial charge in [0.15, 0.2) is 0 Å². The van der Waals surface area contributed by atoms with Crippen LogP contribution in [0.2, 0.25) is 0 Å². The zero-order valence-corrected chi connectivity index (χ0v) is 15.1. The lowest BCUT2D eigenvalue weighted by Gasteiger charge is -2.34. The van der Waals surface area contributed by atoms with E-state index in [4.69, 9.17) is 0 Å². The van der Waals surface area contributed by atoms with Crippen molar-refractivity contribution in [2.24, 2.45) is 0 Å². The van der Waals surface area contributed by atoms with Crippen LogP contribution in [-0.2, 0) is 0 Å². The van der Waals surface area contributed by atoms with Gasteiger partial charge in [0.05, 0.1) is 0 Å². The molecule has 0 atom stereocenters. The van der Waals surface area contributed by atoms with E-state index < -0.39 is 0 Å². The topological polar surface area (TPSA) is 15.3 Å². The molecule has 0 bridgehead atoms. The lowest BCUT2D eigenvalue weighted by molar-refractivity contribution is 0.526. The summed E-state index contributed by atoms with van der Waals surface area (Å²) in [5.41, 5.74) is 7.63. The highest BCUT2D eigenvalue weighted by atomic mass is 15.1. The molecule has 1 fully saturated rings. The third-order valence-electron chi connectivity index (χ3n) is 5.01. The molecular weight excluding hydrogens is 292 g/mol. The quantitative estimate of drug-likeness (QED) is 0.809. The van der Waals surface area contributed by atoms with Crippen LogP contribution >= 0.6 is 0 Å². The van der Waals surface area contributed by atoms with Crippen molar-refractivity contribution in [1.82, 2.24) is 0 Å². The summed E-state index contributed by atoms with van der Waals surface area (Å²) in [4.78, 5) is 2.49. The van der Waals surface area contributed by atoms with Crippen molar-refractivity contribution in [2.45, 2.75) is 39.7 Å². The predicted molar refractivity (Wildman–Crippen MR) is 106 cm³/mol. The molecule has 1 heterocycles. The maximum atomic E-state index is 4.11. The molecule has 126 valence electrons. The number of hydrogen-bond acceptors (Lipinski definition) is 2. The Bertz CT molecular complexity index is 710. The first-order chi connectivity index (χ1) is 11.5. The zero-order valence-electron chi connectivity index (χ0n) is 15.1. The molecule has 1 aliphatic rings. The fourth-order valence-corrected chi connectivity index (χ4v) is 3.61. The van der Waals surface area contributed by atoms with Crippen molar-refractivity contribution < 1.29 is 0 Å². The van der Waals surface area contributed by atoms with E-state index in [1.54, 1.807) is 0 Å². The molecule has 0 spiro atoms. The molecule has 0 aliphatic carbocycles. The smallest absolute Gasteiger partial charge is 0.0378 e. The van der Waals surface area contributed by atoms with Crippen LogP contribution in [0.5, 0.6) is 0 Å². The molecule has 2 heteroatoms. The minimum atomic E-state index is 0.546. The van der Waals surface area contributed by atoms with Crippen molar-refractivity contribution in [2.75, 3.05) is 23.3 Å². The number of hydrogen-bond donors (Lipinski definition) is 1. The summed E-state index contributed by atoms with van der Waals surface area (Å²) < 4.78 is 0. The average Bonchev–Trinajstić information content (AvgIpc) is 2.58. The average molecular weight is 320 g/mol. The van der Waals surface area contributed by atoms with E-state index in [9.17, 15) is 0 Å². The van der Waals surface area contributed by atoms with Crippen molar-refractivity contribution in [3.05, 3.63) is 65.7 Å². The number of aryl methyl sites for hydroxylation is 2. The van der Waals surface area contributed by atoms with Crippen molar-refractivity contribution in [3.63, 3.8) is 0 Å². The number of nitrogens with zero attached hydrogens (tertiary/aromatic N) is 1. The van der Waals surface area contributed by atoms with Gasteiger partial charge < -0.3 is 10.2 Å². The first-order valence-corrected chi connectivity index (χ1v) is 8.88. The van der Waals surface area contributed by atoms with Gasteiger partial charge in [-0.1, -0.05) is 36.4 Å². The van der Waals surface area contributed by atoms with Gasteiger partial charge >= 0.3 is 0 Å². The van der Waals surface area contributed by atoms with Gasteiger partial charge in [0.1, 0.15) is 0 Å². The van der Waals surface area contributed by atoms with Crippen LogP contribution < -0.4 is 10.2 Å². The normalized spacial score (nSPS) is 15.4. The zero-order chi connectivity index (χ0) is 17.1. The summed E-state index contributed by atoms with van der Waals surface area (Å²) >= 11 is 0. The highest BCUT2D eigenvalue weighted by Gasteiger charge is 2.20. The van der Waals surface area contributed by atoms with Gasteiger partial charge in [-0.3, -0.25) is 0 Å². The summed E-state index contributed by atoms with van der Waals surface area (Å²) in [6.45, 7) is 12.8. The summed E-state index contributed by atoms with van der Waals surface area (Å²) in [7, 11) is 0. The van der Waals surface area contributed by atoms with E-state index in [0.29, 0.717) is 6.04 Å². The molecule has 1 saturated heterocycles. The number of piperidine rings is 1. The van der Waals surface area contributed by atoms with Gasteiger partial charge in [0.2, 0.25) is 0 Å². The highest BCUT2D eigenvalue weighted by Crippen LogP contribution is 2.28. The highest BCUT2D eigenvalue weighted by molar-refractivity contribution is 5.70. The Morgan fingerprint density at radius 2 is 1.71 bits per heavy atom. The summed E-state index contributed by atoms with van der Waals surface area (Å²) in [6.07, 6.45) is 2.34. The van der Waals surface area contributed by atoms with Gasteiger partial charge in [0.25, 0.3) is 0 Å². The van der Waals surface area contributed by atoms with Crippen LogP contribution in [0.4, 0.5) is 11.4 Å². The minimum Gasteiger partial charge on any atom is -0.382 e. The SMILES string of the molecule is C=C(C)c1cc(NC2CCN(c3ccccc3)CC2)c(C)cc1C. The van der Waals surface area contributed by atoms with E-state index in [2.05, 4.69) is 80.0 Å². The van der Waals surface area contributed by atoms with Crippen LogP contribution in [0.25, 0.3) is 5.57 Å². The summed E-state index contributed by atoms with van der Waals surface area (Å²) in [6, 6.07) is 15.8. The summed E-state index contributed by atoms with van der Waals surface area (Å²) in [5, 5.41) is 3.78. The fraction of sp³-hybridized carbons (Fsp3) is 0.364. The summed E-state index contributed by atoms with van der Waals surface area (Å²) in [5.74, 6) is 0. The second kappa shape index (κ2) is 7.12. The van der Waals surface area contributed by atoms with E-state index in [-0.39, 0.29) is 0 Å². The van der Waals surface area contributed by atoms with Gasteiger partial charge in [0, 0.05) is 30.5 Å². The van der Waals surface area contributed by atoms with Crippen LogP contribution in [0.3, 0.4) is 0 Å². The van der Waals surface area contributed by atoms with E-state index in [1.165, 1.54) is 40.9 Å². The first kappa shape index (κ1) is 16.6. The Hall–Kier alpha value is -2.22. The molecule has 0 radical (unpaired) electrons. The number of anilines is 2. The fourth-order valence-electron chi connectivity index (χ4n) is 3.61. The van der Waals surface area contributed by atoms with Crippen LogP contribution in [0.15, 0.2) is 49.0 Å². The molecule has 1 aliphatic heterocycles. The first-order valence-electron chi connectivity index (χ1n) is 8.88. The van der Waals surface area contributed by atoms with E-state index in [1.807, 2.05) is 0 Å². The van der Waals surface area contributed by atoms with Crippen LogP contribution in [0, 0.1) is 13.8 Å². The second-order valence-electron chi connectivity index (χ2n) is 7.00. The van der Waals surface area contributed by atoms with E-state index >= 15 is 0 Å². The number of nitrogens with one attached hydrogen (secondary N) is 1. The molecule has 0 unspecified atom stereocenters. The van der Waals surface area contributed by atoms with Gasteiger partial charge in [-0.15, -0.1) is 0 Å². The van der Waals surface area contributed by atoms with Crippen molar-refractivity contribution in [1.29, 1.82) is 0 Å². The van der Waals surface area contributed by atoms with Gasteiger partial charge in [-0.25, -0.2) is 0 Å². The third-order valence-corrected chi connectivity index (χ3v) is 5.01. The molecule has 0 aromatic heterocycles. The minimum absolute atomic E-state index is 0.546. The molecule has 0 amide bonds. The Morgan fingerprint density at radius 1 is 1.04 bits per heavy atom. The van der Waals surface area contributed by atoms with Crippen LogP contribution in [0.1, 0.15) is 36.5 Å². The third kappa shape index (κ3) is 3.64. The van der Waals surface area contributed by atoms with E-state index in [0.717, 1.165) is 18.7 Å². The van der Waals surface area contributed by atoms with Gasteiger partial charge in [-0.05, 0) is 68.5 Å². The molecular formula is C22H28N2. The largest absolute Gasteiger partial charge is 0.382 e. The second-order valence-corrected chi connectivity index (χ2v) is 7.00. The lowest BCUT2D eigenvalue weighted by atomic mass is 9.97. The standard InChI is InChI=1S/C22H28N2/c1-16(2)21-15-22(18(4)14-17(21)3)23-19-10-12-24(13-11-19)20-8-6-5-7-9-20/h5-9,14-15,19,23H,1,10-13H2,2-4H3. The molecule has 3 rings (SSSR count). The van der Waals surface area contributed by atoms with Crippen LogP contribution in [-0.4, -0.2) is 19.1 Å². The maximum Gasteiger partial charge on any atom is 0.0378 e. The Balaban J connectivity index is 1.66. The Labute approximate surface area is 146 Å². The number of rotatable bonds is 4. The molecule has 0 saturated carbocycles. The van der Waals surface area contributed by atoms with Crippen molar-refractivity contribution >= 4 is 16.9 Å². The molecule has 2 aromatic carbocycles. The molecule has 2 nitrogen and oxygen atoms in total. The predicted octanol–water partition coefficient (Wildman–Crippen LogP) is 5.42. The number of para-hydroxylation sites is 1. The molecule has 1 N–H and O–H groups in total. The number of allylic oxidation sites excluding steroid dienone is 1. The lowest BCUT2D eigenvalue weighted by Crippen LogP contribution is -2.39. The monoisotopic (exact) mass is 320 g/mol. The Morgan fingerprint density at radius 3 is 2.33 bits per heavy atom. The maximum absolute atomic E-state index is 4.11. The molecule has 2 aromatic rings. The Kier molecular flexibility index (Phi) is 4.94. The number of benzene rings is 2. The van der Waals surface area contributed by atoms with Crippen molar-refractivity contribution in [3.8, 4) is 0 Å².